The molecule has 0 saturated carbocycles. The number of rotatable bonds is 5. The van der Waals surface area contributed by atoms with Crippen LogP contribution in [0.1, 0.15) is 11.1 Å². The van der Waals surface area contributed by atoms with Gasteiger partial charge in [-0.25, -0.2) is 4.79 Å². The zero-order valence-electron chi connectivity index (χ0n) is 11.7. The Morgan fingerprint density at radius 3 is 2.05 bits per heavy atom. The van der Waals surface area contributed by atoms with Gasteiger partial charge in [-0.05, 0) is 17.5 Å². The van der Waals surface area contributed by atoms with Gasteiger partial charge >= 0.3 is 6.09 Å². The van der Waals surface area contributed by atoms with Crippen LogP contribution < -0.4 is 0 Å². The summed E-state index contributed by atoms with van der Waals surface area (Å²) in [5, 5.41) is 0. The van der Waals surface area contributed by atoms with Crippen LogP contribution in [0.5, 0.6) is 0 Å². The fourth-order valence-electron chi connectivity index (χ4n) is 2.08. The molecule has 0 heterocycles. The van der Waals surface area contributed by atoms with Crippen molar-refractivity contribution in [2.75, 3.05) is 13.7 Å². The molecule has 0 N–H and O–H groups in total. The second-order valence-corrected chi connectivity index (χ2v) is 4.61. The van der Waals surface area contributed by atoms with Crippen LogP contribution >= 0.6 is 0 Å². The minimum absolute atomic E-state index is 0.287. The number of ether oxygens (including phenoxy) is 1. The molecule has 2 aromatic carbocycles. The van der Waals surface area contributed by atoms with E-state index >= 15 is 0 Å². The fraction of sp³-hybridized carbons (Fsp3) is 0.235. The Kier molecular flexibility index (Phi) is 5.18. The molecular weight excluding hydrogens is 250 g/mol. The number of amides is 1. The summed E-state index contributed by atoms with van der Waals surface area (Å²) in [7, 11) is 1.42. The van der Waals surface area contributed by atoms with E-state index in [4.69, 9.17) is 4.74 Å². The molecule has 1 amide bonds. The van der Waals surface area contributed by atoms with Crippen LogP contribution in [0, 0.1) is 0 Å². The molecule has 0 unspecified atom stereocenters. The predicted molar refractivity (Wildman–Crippen MR) is 79.4 cm³/mol. The first kappa shape index (κ1) is 14.1. The Morgan fingerprint density at radius 1 is 0.950 bits per heavy atom. The number of carbonyl (C=O) groups is 1. The Balaban J connectivity index is 1.99. The number of hydrogen-bond donors (Lipinski definition) is 0. The van der Waals surface area contributed by atoms with Gasteiger partial charge in [0.25, 0.3) is 0 Å². The lowest BCUT2D eigenvalue weighted by molar-refractivity contribution is 0.121. The van der Waals surface area contributed by atoms with Crippen LogP contribution in [0.4, 0.5) is 4.79 Å². The molecule has 3 heteroatoms. The van der Waals surface area contributed by atoms with E-state index in [0.717, 1.165) is 12.0 Å². The molecule has 0 bridgehead atoms. The molecule has 3 nitrogen and oxygen atoms in total. The standard InChI is InChI=1S/C17H19NO2/c1-20-17(19)18(14-16-10-6-3-7-11-16)13-12-15-8-4-2-5-9-15/h2-11H,12-14H2,1H3. The van der Waals surface area contributed by atoms with E-state index in [1.54, 1.807) is 4.90 Å². The van der Waals surface area contributed by atoms with Gasteiger partial charge < -0.3 is 9.64 Å². The Hall–Kier alpha value is -2.29. The molecular formula is C17H19NO2. The van der Waals surface area contributed by atoms with Crippen molar-refractivity contribution in [3.8, 4) is 0 Å². The Labute approximate surface area is 119 Å². The SMILES string of the molecule is COC(=O)N(CCc1ccccc1)Cc1ccccc1. The third-order valence-corrected chi connectivity index (χ3v) is 3.16. The van der Waals surface area contributed by atoms with E-state index in [9.17, 15) is 4.79 Å². The summed E-state index contributed by atoms with van der Waals surface area (Å²) in [4.78, 5) is 13.6. The summed E-state index contributed by atoms with van der Waals surface area (Å²) in [6, 6.07) is 20.1. The van der Waals surface area contributed by atoms with Crippen LogP contribution in [-0.4, -0.2) is 24.6 Å². The highest BCUT2D eigenvalue weighted by Crippen LogP contribution is 2.08. The lowest BCUT2D eigenvalue weighted by atomic mass is 10.1. The van der Waals surface area contributed by atoms with Crippen molar-refractivity contribution in [3.63, 3.8) is 0 Å². The van der Waals surface area contributed by atoms with Crippen molar-refractivity contribution in [1.29, 1.82) is 0 Å². The topological polar surface area (TPSA) is 29.5 Å². The maximum atomic E-state index is 11.8. The summed E-state index contributed by atoms with van der Waals surface area (Å²) >= 11 is 0. The van der Waals surface area contributed by atoms with E-state index in [-0.39, 0.29) is 6.09 Å². The second-order valence-electron chi connectivity index (χ2n) is 4.61. The summed E-state index contributed by atoms with van der Waals surface area (Å²) in [6.07, 6.45) is 0.535. The molecule has 0 aromatic heterocycles. The summed E-state index contributed by atoms with van der Waals surface area (Å²) in [6.45, 7) is 1.21. The third kappa shape index (κ3) is 4.12. The van der Waals surface area contributed by atoms with Crippen LogP contribution in [0.2, 0.25) is 0 Å². The zero-order chi connectivity index (χ0) is 14.2. The quantitative estimate of drug-likeness (QED) is 0.831. The molecule has 0 aliphatic heterocycles. The molecule has 0 atom stereocenters. The third-order valence-electron chi connectivity index (χ3n) is 3.16. The molecule has 20 heavy (non-hydrogen) atoms. The van der Waals surface area contributed by atoms with Gasteiger partial charge in [-0.2, -0.15) is 0 Å². The normalized spacial score (nSPS) is 10.1. The minimum Gasteiger partial charge on any atom is -0.453 e. The highest BCUT2D eigenvalue weighted by atomic mass is 16.5. The summed E-state index contributed by atoms with van der Waals surface area (Å²) in [5.74, 6) is 0. The van der Waals surface area contributed by atoms with Gasteiger partial charge in [0.15, 0.2) is 0 Å². The molecule has 0 fully saturated rings. The van der Waals surface area contributed by atoms with Gasteiger partial charge in [-0.15, -0.1) is 0 Å². The molecule has 0 saturated heterocycles. The Morgan fingerprint density at radius 2 is 1.50 bits per heavy atom. The first-order valence-electron chi connectivity index (χ1n) is 6.70. The van der Waals surface area contributed by atoms with E-state index in [1.807, 2.05) is 48.5 Å². The molecule has 0 aliphatic carbocycles. The maximum Gasteiger partial charge on any atom is 0.409 e. The van der Waals surface area contributed by atoms with Crippen molar-refractivity contribution in [3.05, 3.63) is 71.8 Å². The van der Waals surface area contributed by atoms with E-state index in [2.05, 4.69) is 12.1 Å². The number of benzene rings is 2. The Bertz CT molecular complexity index is 525. The largest absolute Gasteiger partial charge is 0.453 e. The monoisotopic (exact) mass is 269 g/mol. The van der Waals surface area contributed by atoms with E-state index in [0.29, 0.717) is 13.1 Å². The predicted octanol–water partition coefficient (Wildman–Crippen LogP) is 3.50. The van der Waals surface area contributed by atoms with Gasteiger partial charge in [0, 0.05) is 13.1 Å². The van der Waals surface area contributed by atoms with Crippen molar-refractivity contribution in [1.82, 2.24) is 4.90 Å². The van der Waals surface area contributed by atoms with Crippen LogP contribution in [0.25, 0.3) is 0 Å². The van der Waals surface area contributed by atoms with Crippen molar-refractivity contribution in [2.45, 2.75) is 13.0 Å². The molecule has 2 aromatic rings. The highest BCUT2D eigenvalue weighted by Gasteiger charge is 2.13. The minimum atomic E-state index is -0.287. The van der Waals surface area contributed by atoms with Gasteiger partial charge in [0.05, 0.1) is 7.11 Å². The lowest BCUT2D eigenvalue weighted by Crippen LogP contribution is -2.32. The fourth-order valence-corrected chi connectivity index (χ4v) is 2.08. The highest BCUT2D eigenvalue weighted by molar-refractivity contribution is 5.67. The first-order valence-corrected chi connectivity index (χ1v) is 6.70. The van der Waals surface area contributed by atoms with E-state index < -0.39 is 0 Å². The maximum absolute atomic E-state index is 11.8. The molecule has 2 rings (SSSR count). The zero-order valence-corrected chi connectivity index (χ0v) is 11.7. The van der Waals surface area contributed by atoms with Crippen molar-refractivity contribution >= 4 is 6.09 Å². The van der Waals surface area contributed by atoms with Gasteiger partial charge in [0.1, 0.15) is 0 Å². The molecule has 0 aliphatic rings. The lowest BCUT2D eigenvalue weighted by Gasteiger charge is -2.21. The van der Waals surface area contributed by atoms with Gasteiger partial charge in [0.2, 0.25) is 0 Å². The number of carbonyl (C=O) groups excluding carboxylic acids is 1. The smallest absolute Gasteiger partial charge is 0.409 e. The van der Waals surface area contributed by atoms with Crippen LogP contribution in [-0.2, 0) is 17.7 Å². The number of nitrogens with zero attached hydrogens (tertiary/aromatic N) is 1. The number of methoxy groups -OCH3 is 1. The molecule has 0 radical (unpaired) electrons. The van der Waals surface area contributed by atoms with E-state index in [1.165, 1.54) is 12.7 Å². The van der Waals surface area contributed by atoms with Gasteiger partial charge in [-0.3, -0.25) is 0 Å². The average molecular weight is 269 g/mol. The van der Waals surface area contributed by atoms with Crippen molar-refractivity contribution in [2.24, 2.45) is 0 Å². The van der Waals surface area contributed by atoms with Crippen LogP contribution in [0.3, 0.4) is 0 Å². The summed E-state index contributed by atoms with van der Waals surface area (Å²) < 4.78 is 4.86. The average Bonchev–Trinajstić information content (AvgIpc) is 2.52. The first-order chi connectivity index (χ1) is 9.79. The van der Waals surface area contributed by atoms with Crippen molar-refractivity contribution < 1.29 is 9.53 Å². The molecule has 104 valence electrons. The number of hydrogen-bond acceptors (Lipinski definition) is 2. The van der Waals surface area contributed by atoms with Gasteiger partial charge in [-0.1, -0.05) is 60.7 Å². The summed E-state index contributed by atoms with van der Waals surface area (Å²) in [5.41, 5.74) is 2.32. The van der Waals surface area contributed by atoms with Crippen LogP contribution in [0.15, 0.2) is 60.7 Å². The second kappa shape index (κ2) is 7.34. The molecule has 0 spiro atoms.